The van der Waals surface area contributed by atoms with Gasteiger partial charge in [0.1, 0.15) is 23.5 Å². The Bertz CT molecular complexity index is 1400. The van der Waals surface area contributed by atoms with Gasteiger partial charge in [-0.1, -0.05) is 67.6 Å². The number of hydrogen-bond donors (Lipinski definition) is 3. The first kappa shape index (κ1) is 28.2. The van der Waals surface area contributed by atoms with Crippen LogP contribution in [0.4, 0.5) is 14.6 Å². The van der Waals surface area contributed by atoms with Crippen LogP contribution in [0.3, 0.4) is 0 Å². The Labute approximate surface area is 230 Å². The molecule has 3 N–H and O–H groups in total. The van der Waals surface area contributed by atoms with Crippen LogP contribution in [-0.2, 0) is 29.1 Å². The number of aromatic amines is 1. The number of carbonyl (C=O) groups is 3. The van der Waals surface area contributed by atoms with Gasteiger partial charge in [0.2, 0.25) is 11.8 Å². The van der Waals surface area contributed by atoms with E-state index in [0.29, 0.717) is 13.1 Å². The number of nitrogens with one attached hydrogen (secondary N) is 3. The van der Waals surface area contributed by atoms with Crippen molar-refractivity contribution < 1.29 is 23.2 Å². The molecule has 0 saturated carbocycles. The molecular weight excluding hydrogens is 516 g/mol. The van der Waals surface area contributed by atoms with Gasteiger partial charge in [-0.15, -0.1) is 0 Å². The molecular formula is C30H29F2N5O3. The lowest BCUT2D eigenvalue weighted by atomic mass is 10.1. The molecule has 3 amide bonds. The smallest absolute Gasteiger partial charge is 0.275 e. The van der Waals surface area contributed by atoms with Gasteiger partial charge in [-0.3, -0.25) is 19.5 Å². The van der Waals surface area contributed by atoms with Gasteiger partial charge < -0.3 is 15.5 Å². The monoisotopic (exact) mass is 545 g/mol. The van der Waals surface area contributed by atoms with Gasteiger partial charge in [-0.05, 0) is 35.2 Å². The third-order valence-corrected chi connectivity index (χ3v) is 6.12. The van der Waals surface area contributed by atoms with E-state index in [2.05, 4.69) is 20.8 Å². The maximum absolute atomic E-state index is 13.4. The van der Waals surface area contributed by atoms with Crippen molar-refractivity contribution in [3.05, 3.63) is 119 Å². The fourth-order valence-electron chi connectivity index (χ4n) is 4.18. The van der Waals surface area contributed by atoms with Gasteiger partial charge in [-0.25, -0.2) is 8.78 Å². The molecule has 10 heteroatoms. The van der Waals surface area contributed by atoms with Crippen molar-refractivity contribution in [3.63, 3.8) is 0 Å². The zero-order valence-electron chi connectivity index (χ0n) is 21.9. The third kappa shape index (κ3) is 7.83. The summed E-state index contributed by atoms with van der Waals surface area (Å²) in [5, 5.41) is 12.0. The largest absolute Gasteiger partial charge is 0.344 e. The molecule has 0 aliphatic carbocycles. The van der Waals surface area contributed by atoms with Crippen molar-refractivity contribution in [2.45, 2.75) is 38.9 Å². The van der Waals surface area contributed by atoms with Crippen LogP contribution in [0.2, 0.25) is 0 Å². The first-order valence-electron chi connectivity index (χ1n) is 12.8. The summed E-state index contributed by atoms with van der Waals surface area (Å²) in [5.74, 6) is -2.81. The topological polar surface area (TPSA) is 107 Å². The van der Waals surface area contributed by atoms with Crippen LogP contribution in [-0.4, -0.2) is 38.9 Å². The zero-order chi connectivity index (χ0) is 28.5. The van der Waals surface area contributed by atoms with Crippen molar-refractivity contribution >= 4 is 23.5 Å². The van der Waals surface area contributed by atoms with E-state index in [0.717, 1.165) is 29.3 Å². The minimum Gasteiger partial charge on any atom is -0.344 e. The van der Waals surface area contributed by atoms with E-state index in [-0.39, 0.29) is 35.8 Å². The minimum atomic E-state index is -0.916. The summed E-state index contributed by atoms with van der Waals surface area (Å²) in [4.78, 5) is 40.4. The van der Waals surface area contributed by atoms with Crippen LogP contribution in [0.5, 0.6) is 0 Å². The molecule has 40 heavy (non-hydrogen) atoms. The van der Waals surface area contributed by atoms with Crippen LogP contribution in [0.1, 0.15) is 40.5 Å². The summed E-state index contributed by atoms with van der Waals surface area (Å²) in [6, 6.07) is 22.5. The number of nitrogens with zero attached hydrogens (tertiary/aromatic N) is 2. The number of carbonyl (C=O) groups excluding carboxylic acids is 3. The summed E-state index contributed by atoms with van der Waals surface area (Å²) in [5.41, 5.74) is 2.18. The van der Waals surface area contributed by atoms with E-state index in [1.165, 1.54) is 6.07 Å². The molecule has 206 valence electrons. The Morgan fingerprint density at radius 3 is 1.98 bits per heavy atom. The van der Waals surface area contributed by atoms with E-state index in [1.807, 2.05) is 60.7 Å². The summed E-state index contributed by atoms with van der Waals surface area (Å²) < 4.78 is 26.9. The molecule has 1 aromatic heterocycles. The van der Waals surface area contributed by atoms with Gasteiger partial charge in [0.25, 0.3) is 5.91 Å². The highest BCUT2D eigenvalue weighted by Crippen LogP contribution is 2.16. The molecule has 0 saturated heterocycles. The average molecular weight is 546 g/mol. The highest BCUT2D eigenvalue weighted by Gasteiger charge is 2.23. The molecule has 0 aliphatic heterocycles. The zero-order valence-corrected chi connectivity index (χ0v) is 21.9. The number of benzene rings is 3. The van der Waals surface area contributed by atoms with Crippen LogP contribution in [0.25, 0.3) is 0 Å². The van der Waals surface area contributed by atoms with Gasteiger partial charge in [0.15, 0.2) is 5.69 Å². The number of halogens is 2. The van der Waals surface area contributed by atoms with Gasteiger partial charge in [-0.2, -0.15) is 5.10 Å². The third-order valence-electron chi connectivity index (χ3n) is 6.12. The number of H-pyrrole nitrogens is 1. The molecule has 4 rings (SSSR count). The molecule has 3 aromatic carbocycles. The summed E-state index contributed by atoms with van der Waals surface area (Å²) in [7, 11) is 0. The maximum atomic E-state index is 13.4. The van der Waals surface area contributed by atoms with Gasteiger partial charge in [0.05, 0.1) is 6.42 Å². The molecule has 1 heterocycles. The summed E-state index contributed by atoms with van der Waals surface area (Å²) in [6.07, 6.45) is -0.0310. The minimum absolute atomic E-state index is 0.118. The Hall–Kier alpha value is -4.86. The van der Waals surface area contributed by atoms with Crippen LogP contribution in [0.15, 0.2) is 84.9 Å². The van der Waals surface area contributed by atoms with Crippen LogP contribution < -0.4 is 10.6 Å². The van der Waals surface area contributed by atoms with Crippen molar-refractivity contribution in [2.24, 2.45) is 0 Å². The van der Waals surface area contributed by atoms with Crippen molar-refractivity contribution in [1.29, 1.82) is 0 Å². The number of hydrogen-bond acceptors (Lipinski definition) is 4. The highest BCUT2D eigenvalue weighted by atomic mass is 19.1. The Balaban J connectivity index is 1.41. The Morgan fingerprint density at radius 2 is 1.43 bits per heavy atom. The van der Waals surface area contributed by atoms with Gasteiger partial charge in [0, 0.05) is 25.2 Å². The number of anilines is 1. The van der Waals surface area contributed by atoms with Crippen LogP contribution >= 0.6 is 0 Å². The summed E-state index contributed by atoms with van der Waals surface area (Å²) in [6.45, 7) is 2.43. The molecule has 4 aromatic rings. The van der Waals surface area contributed by atoms with E-state index in [1.54, 1.807) is 11.8 Å². The molecule has 8 nitrogen and oxygen atoms in total. The lowest BCUT2D eigenvalue weighted by Gasteiger charge is -2.22. The second kappa shape index (κ2) is 13.3. The van der Waals surface area contributed by atoms with E-state index in [4.69, 9.17) is 0 Å². The normalized spacial score (nSPS) is 11.5. The Morgan fingerprint density at radius 1 is 0.850 bits per heavy atom. The maximum Gasteiger partial charge on any atom is 0.275 e. The van der Waals surface area contributed by atoms with Crippen molar-refractivity contribution in [3.8, 4) is 0 Å². The lowest BCUT2D eigenvalue weighted by Crippen LogP contribution is -2.44. The predicted octanol–water partition coefficient (Wildman–Crippen LogP) is 4.61. The first-order valence-corrected chi connectivity index (χ1v) is 12.8. The molecule has 0 fully saturated rings. The van der Waals surface area contributed by atoms with E-state index >= 15 is 0 Å². The summed E-state index contributed by atoms with van der Waals surface area (Å²) >= 11 is 0. The molecule has 0 aliphatic rings. The van der Waals surface area contributed by atoms with E-state index < -0.39 is 29.5 Å². The molecule has 0 bridgehead atoms. The second-order valence-electron chi connectivity index (χ2n) is 9.27. The first-order chi connectivity index (χ1) is 19.3. The van der Waals surface area contributed by atoms with Crippen molar-refractivity contribution in [1.82, 2.24) is 20.4 Å². The van der Waals surface area contributed by atoms with Crippen molar-refractivity contribution in [2.75, 3.05) is 5.32 Å². The number of rotatable bonds is 11. The molecule has 1 unspecified atom stereocenters. The fraction of sp³-hybridized carbons (Fsp3) is 0.200. The molecule has 0 radical (unpaired) electrons. The number of amides is 3. The standard InChI is InChI=1S/C30H29F2N5O3/c1-2-25(33-28(38)15-22-13-23(31)16-24(32)14-22)29(39)34-27-17-26(35-36-27)30(40)37(18-20-9-5-3-6-10-20)19-21-11-7-4-8-12-21/h3-14,16-17,25H,2,15,18-19H2,1H3,(H,33,38)(H2,34,35,36,39). The molecule has 1 atom stereocenters. The van der Waals surface area contributed by atoms with Crippen LogP contribution in [0, 0.1) is 11.6 Å². The highest BCUT2D eigenvalue weighted by molar-refractivity contribution is 5.98. The lowest BCUT2D eigenvalue weighted by molar-refractivity contribution is -0.126. The predicted molar refractivity (Wildman–Crippen MR) is 146 cm³/mol. The average Bonchev–Trinajstić information content (AvgIpc) is 3.40. The van der Waals surface area contributed by atoms with Gasteiger partial charge >= 0.3 is 0 Å². The number of aromatic nitrogens is 2. The van der Waals surface area contributed by atoms with E-state index in [9.17, 15) is 23.2 Å². The fourth-order valence-corrected chi connectivity index (χ4v) is 4.18. The quantitative estimate of drug-likeness (QED) is 0.256. The SMILES string of the molecule is CCC(NC(=O)Cc1cc(F)cc(F)c1)C(=O)Nc1cc(C(=O)N(Cc2ccccc2)Cc2ccccc2)n[nH]1. The molecule has 0 spiro atoms. The second-order valence-corrected chi connectivity index (χ2v) is 9.27. The Kier molecular flexibility index (Phi) is 9.35.